The summed E-state index contributed by atoms with van der Waals surface area (Å²) < 4.78 is 29.4. The second-order valence-corrected chi connectivity index (χ2v) is 8.14. The molecule has 2 aliphatic rings. The maximum Gasteiger partial charge on any atom is 0.243 e. The Morgan fingerprint density at radius 2 is 1.95 bits per heavy atom. The molecule has 22 heavy (non-hydrogen) atoms. The lowest BCUT2D eigenvalue weighted by molar-refractivity contribution is 0.477. The second-order valence-electron chi connectivity index (χ2n) is 6.20. The first kappa shape index (κ1) is 14.2. The van der Waals surface area contributed by atoms with Crippen molar-refractivity contribution in [3.8, 4) is 0 Å². The molecule has 1 aromatic heterocycles. The number of hydrogen-bond donors (Lipinski definition) is 1. The molecule has 0 atom stereocenters. The molecule has 0 bridgehead atoms. The van der Waals surface area contributed by atoms with Crippen LogP contribution in [0.5, 0.6) is 0 Å². The topological polar surface area (TPSA) is 54.3 Å². The minimum Gasteiger partial charge on any atom is -0.331 e. The van der Waals surface area contributed by atoms with Crippen molar-refractivity contribution in [3.63, 3.8) is 0 Å². The smallest absolute Gasteiger partial charge is 0.243 e. The van der Waals surface area contributed by atoms with Gasteiger partial charge in [0.1, 0.15) is 0 Å². The highest BCUT2D eigenvalue weighted by Crippen LogP contribution is 2.30. The highest BCUT2D eigenvalue weighted by molar-refractivity contribution is 7.89. The van der Waals surface area contributed by atoms with Gasteiger partial charge < -0.3 is 4.57 Å². The van der Waals surface area contributed by atoms with Gasteiger partial charge in [0, 0.05) is 42.7 Å². The van der Waals surface area contributed by atoms with Gasteiger partial charge in [-0.3, -0.25) is 5.32 Å². The summed E-state index contributed by atoms with van der Waals surface area (Å²) in [5.74, 6) is 0. The van der Waals surface area contributed by atoms with Gasteiger partial charge in [-0.25, -0.2) is 8.42 Å². The van der Waals surface area contributed by atoms with E-state index in [1.54, 1.807) is 10.4 Å². The van der Waals surface area contributed by atoms with Gasteiger partial charge in [0.25, 0.3) is 0 Å². The molecule has 1 aromatic carbocycles. The normalized spacial score (nSPS) is 19.7. The van der Waals surface area contributed by atoms with E-state index in [1.807, 2.05) is 12.1 Å². The van der Waals surface area contributed by atoms with E-state index in [0.717, 1.165) is 43.4 Å². The standard InChI is InChI=1S/C16H21N3O2S/c1-12-14-10-13(22(20,21)18-8-2-3-9-18)4-5-16(14)19-11-17-7-6-15(12)19/h4-5,10,17H,2-3,6-9,11H2,1H3. The molecule has 2 aliphatic heterocycles. The molecule has 2 aromatic rings. The molecule has 6 heteroatoms. The Balaban J connectivity index is 1.86. The van der Waals surface area contributed by atoms with E-state index in [1.165, 1.54) is 11.3 Å². The minimum absolute atomic E-state index is 0.431. The molecule has 1 fully saturated rings. The van der Waals surface area contributed by atoms with E-state index in [0.29, 0.717) is 18.0 Å². The highest BCUT2D eigenvalue weighted by atomic mass is 32.2. The number of fused-ring (bicyclic) bond motifs is 3. The van der Waals surface area contributed by atoms with Gasteiger partial charge in [0.15, 0.2) is 0 Å². The zero-order valence-corrected chi connectivity index (χ0v) is 13.6. The first-order chi connectivity index (χ1) is 10.6. The number of nitrogens with one attached hydrogen (secondary N) is 1. The van der Waals surface area contributed by atoms with Gasteiger partial charge >= 0.3 is 0 Å². The molecule has 0 saturated carbocycles. The van der Waals surface area contributed by atoms with Crippen LogP contribution in [-0.4, -0.2) is 36.9 Å². The van der Waals surface area contributed by atoms with Gasteiger partial charge in [0.05, 0.1) is 11.6 Å². The molecule has 5 nitrogen and oxygen atoms in total. The third-order valence-corrected chi connectivity index (χ3v) is 6.83. The lowest BCUT2D eigenvalue weighted by Gasteiger charge is -2.18. The third-order valence-electron chi connectivity index (χ3n) is 4.93. The van der Waals surface area contributed by atoms with Crippen LogP contribution in [0.25, 0.3) is 10.9 Å². The van der Waals surface area contributed by atoms with E-state index in [9.17, 15) is 8.42 Å². The SMILES string of the molecule is Cc1c2n(c3ccc(S(=O)(=O)N4CCCC4)cc13)CNCC2. The first-order valence-electron chi connectivity index (χ1n) is 7.91. The van der Waals surface area contributed by atoms with Crippen LogP contribution in [0.4, 0.5) is 0 Å². The molecule has 0 spiro atoms. The Kier molecular flexibility index (Phi) is 3.29. The number of rotatable bonds is 2. The highest BCUT2D eigenvalue weighted by Gasteiger charge is 2.28. The summed E-state index contributed by atoms with van der Waals surface area (Å²) in [5.41, 5.74) is 3.67. The number of nitrogens with zero attached hydrogens (tertiary/aromatic N) is 2. The summed E-state index contributed by atoms with van der Waals surface area (Å²) in [4.78, 5) is 0.431. The van der Waals surface area contributed by atoms with Crippen LogP contribution in [0.1, 0.15) is 24.1 Å². The zero-order valence-electron chi connectivity index (χ0n) is 12.8. The lowest BCUT2D eigenvalue weighted by atomic mass is 10.1. The van der Waals surface area contributed by atoms with Crippen LogP contribution in [-0.2, 0) is 23.1 Å². The van der Waals surface area contributed by atoms with E-state index in [4.69, 9.17) is 0 Å². The summed E-state index contributed by atoms with van der Waals surface area (Å²) in [7, 11) is -3.34. The van der Waals surface area contributed by atoms with Gasteiger partial charge in [0.2, 0.25) is 10.0 Å². The molecular formula is C16H21N3O2S. The first-order valence-corrected chi connectivity index (χ1v) is 9.35. The van der Waals surface area contributed by atoms with Crippen LogP contribution in [0.15, 0.2) is 23.1 Å². The fraction of sp³-hybridized carbons (Fsp3) is 0.500. The minimum atomic E-state index is -3.34. The molecule has 0 amide bonds. The number of aromatic nitrogens is 1. The molecule has 0 unspecified atom stereocenters. The van der Waals surface area contributed by atoms with Crippen LogP contribution in [0.3, 0.4) is 0 Å². The molecule has 1 N–H and O–H groups in total. The van der Waals surface area contributed by atoms with E-state index in [2.05, 4.69) is 16.8 Å². The Hall–Kier alpha value is -1.37. The van der Waals surface area contributed by atoms with E-state index >= 15 is 0 Å². The average molecular weight is 319 g/mol. The van der Waals surface area contributed by atoms with Crippen molar-refractivity contribution in [1.82, 2.24) is 14.2 Å². The third kappa shape index (κ3) is 2.01. The Labute approximate surface area is 131 Å². The molecular weight excluding hydrogens is 298 g/mol. The Morgan fingerprint density at radius 3 is 2.73 bits per heavy atom. The molecule has 0 aliphatic carbocycles. The number of benzene rings is 1. The van der Waals surface area contributed by atoms with Crippen molar-refractivity contribution in [3.05, 3.63) is 29.5 Å². The summed E-state index contributed by atoms with van der Waals surface area (Å²) >= 11 is 0. The predicted octanol–water partition coefficient (Wildman–Crippen LogP) is 1.84. The number of hydrogen-bond acceptors (Lipinski definition) is 3. The van der Waals surface area contributed by atoms with Crippen molar-refractivity contribution in [1.29, 1.82) is 0 Å². The van der Waals surface area contributed by atoms with Crippen LogP contribution < -0.4 is 5.32 Å². The quantitative estimate of drug-likeness (QED) is 0.919. The average Bonchev–Trinajstić information content (AvgIpc) is 3.16. The van der Waals surface area contributed by atoms with Gasteiger partial charge in [-0.2, -0.15) is 4.31 Å². The largest absolute Gasteiger partial charge is 0.331 e. The van der Waals surface area contributed by atoms with Gasteiger partial charge in [-0.1, -0.05) is 0 Å². The summed E-state index contributed by atoms with van der Waals surface area (Å²) in [6.45, 7) is 5.19. The van der Waals surface area contributed by atoms with Crippen molar-refractivity contribution < 1.29 is 8.42 Å². The zero-order chi connectivity index (χ0) is 15.3. The summed E-state index contributed by atoms with van der Waals surface area (Å²) in [5, 5.41) is 4.44. The van der Waals surface area contributed by atoms with E-state index < -0.39 is 10.0 Å². The Bertz CT molecular complexity index is 833. The molecule has 0 radical (unpaired) electrons. The van der Waals surface area contributed by atoms with Crippen molar-refractivity contribution >= 4 is 20.9 Å². The molecule has 1 saturated heterocycles. The monoisotopic (exact) mass is 319 g/mol. The molecule has 3 heterocycles. The number of aryl methyl sites for hydroxylation is 1. The maximum atomic E-state index is 12.7. The maximum absolute atomic E-state index is 12.7. The van der Waals surface area contributed by atoms with Crippen molar-refractivity contribution in [2.24, 2.45) is 0 Å². The van der Waals surface area contributed by atoms with Gasteiger partial charge in [-0.15, -0.1) is 0 Å². The summed E-state index contributed by atoms with van der Waals surface area (Å²) in [6, 6.07) is 5.59. The number of sulfonamides is 1. The van der Waals surface area contributed by atoms with Crippen LogP contribution in [0, 0.1) is 6.92 Å². The Morgan fingerprint density at radius 1 is 1.18 bits per heavy atom. The van der Waals surface area contributed by atoms with E-state index in [-0.39, 0.29) is 0 Å². The molecule has 118 valence electrons. The predicted molar refractivity (Wildman–Crippen MR) is 86.4 cm³/mol. The van der Waals surface area contributed by atoms with Crippen LogP contribution in [0.2, 0.25) is 0 Å². The molecule has 4 rings (SSSR count). The van der Waals surface area contributed by atoms with Crippen LogP contribution >= 0.6 is 0 Å². The fourth-order valence-electron chi connectivity index (χ4n) is 3.69. The summed E-state index contributed by atoms with van der Waals surface area (Å²) in [6.07, 6.45) is 2.92. The van der Waals surface area contributed by atoms with Crippen molar-refractivity contribution in [2.45, 2.75) is 37.8 Å². The fourth-order valence-corrected chi connectivity index (χ4v) is 5.24. The lowest BCUT2D eigenvalue weighted by Crippen LogP contribution is -2.28. The van der Waals surface area contributed by atoms with Crippen molar-refractivity contribution in [2.75, 3.05) is 19.6 Å². The second kappa shape index (κ2) is 5.08. The van der Waals surface area contributed by atoms with Gasteiger partial charge in [-0.05, 0) is 43.5 Å².